The smallest absolute Gasteiger partial charge is 0.0623 e. The lowest BCUT2D eigenvalue weighted by molar-refractivity contribution is 0.524. The zero-order valence-corrected chi connectivity index (χ0v) is 11.8. The first kappa shape index (κ1) is 12.4. The van der Waals surface area contributed by atoms with Crippen LogP contribution in [0, 0.1) is 3.57 Å². The first-order chi connectivity index (χ1) is 7.84. The Hall–Kier alpha value is -0.100. The lowest BCUT2D eigenvalue weighted by atomic mass is 10.2. The van der Waals surface area contributed by atoms with E-state index in [4.69, 9.17) is 0 Å². The number of aromatic nitrogens is 2. The second-order valence-corrected chi connectivity index (χ2v) is 5.81. The minimum Gasteiger partial charge on any atom is -0.314 e. The summed E-state index contributed by atoms with van der Waals surface area (Å²) in [5.74, 6) is 0. The fourth-order valence-electron chi connectivity index (χ4n) is 1.81. The van der Waals surface area contributed by atoms with Crippen molar-refractivity contribution < 1.29 is 0 Å². The van der Waals surface area contributed by atoms with E-state index in [9.17, 15) is 0 Å². The van der Waals surface area contributed by atoms with E-state index in [-0.39, 0.29) is 0 Å². The number of hydrogen-bond donors (Lipinski definition) is 1. The Morgan fingerprint density at radius 1 is 1.31 bits per heavy atom. The molecule has 90 valence electrons. The minimum atomic E-state index is 0.867. The van der Waals surface area contributed by atoms with E-state index < -0.39 is 0 Å². The van der Waals surface area contributed by atoms with E-state index in [0.717, 1.165) is 12.6 Å². The summed E-state index contributed by atoms with van der Waals surface area (Å²) in [4.78, 5) is 0. The van der Waals surface area contributed by atoms with Crippen molar-refractivity contribution in [2.45, 2.75) is 51.1 Å². The highest BCUT2D eigenvalue weighted by Crippen LogP contribution is 2.18. The molecule has 1 aliphatic carbocycles. The molecule has 0 amide bonds. The molecule has 1 N–H and O–H groups in total. The van der Waals surface area contributed by atoms with Crippen LogP contribution in [0.5, 0.6) is 0 Å². The predicted molar refractivity (Wildman–Crippen MR) is 74.4 cm³/mol. The van der Waals surface area contributed by atoms with Crippen molar-refractivity contribution in [2.75, 3.05) is 6.54 Å². The van der Waals surface area contributed by atoms with Crippen LogP contribution < -0.4 is 5.32 Å². The van der Waals surface area contributed by atoms with Crippen LogP contribution in [0.15, 0.2) is 12.4 Å². The summed E-state index contributed by atoms with van der Waals surface area (Å²) in [6, 6.07) is 0.867. The third kappa shape index (κ3) is 4.82. The summed E-state index contributed by atoms with van der Waals surface area (Å²) < 4.78 is 3.27. The zero-order valence-electron chi connectivity index (χ0n) is 9.66. The van der Waals surface area contributed by atoms with Gasteiger partial charge in [0.25, 0.3) is 0 Å². The average Bonchev–Trinajstić information content (AvgIpc) is 3.00. The van der Waals surface area contributed by atoms with Gasteiger partial charge in [-0.05, 0) is 54.8 Å². The number of hydrogen-bond acceptors (Lipinski definition) is 2. The van der Waals surface area contributed by atoms with Crippen molar-refractivity contribution in [1.29, 1.82) is 0 Å². The Kier molecular flexibility index (Phi) is 5.09. The number of nitrogens with one attached hydrogen (secondary N) is 1. The maximum atomic E-state index is 4.28. The van der Waals surface area contributed by atoms with Gasteiger partial charge in [-0.3, -0.25) is 4.68 Å². The van der Waals surface area contributed by atoms with E-state index in [2.05, 4.69) is 39.2 Å². The van der Waals surface area contributed by atoms with Crippen LogP contribution >= 0.6 is 22.6 Å². The third-order valence-electron chi connectivity index (χ3n) is 2.93. The quantitative estimate of drug-likeness (QED) is 0.586. The molecule has 16 heavy (non-hydrogen) atoms. The molecule has 0 aliphatic heterocycles. The fourth-order valence-corrected chi connectivity index (χ4v) is 2.25. The molecule has 0 bridgehead atoms. The van der Waals surface area contributed by atoms with E-state index in [1.165, 1.54) is 48.6 Å². The molecule has 0 unspecified atom stereocenters. The summed E-state index contributed by atoms with van der Waals surface area (Å²) in [5.41, 5.74) is 0. The van der Waals surface area contributed by atoms with E-state index in [1.54, 1.807) is 0 Å². The molecule has 0 atom stereocenters. The summed E-state index contributed by atoms with van der Waals surface area (Å²) in [7, 11) is 0. The Morgan fingerprint density at radius 3 is 2.81 bits per heavy atom. The Morgan fingerprint density at radius 2 is 2.12 bits per heavy atom. The van der Waals surface area contributed by atoms with Crippen LogP contribution in [0.3, 0.4) is 0 Å². The van der Waals surface area contributed by atoms with Crippen molar-refractivity contribution >= 4 is 22.6 Å². The van der Waals surface area contributed by atoms with Crippen molar-refractivity contribution in [2.24, 2.45) is 0 Å². The predicted octanol–water partition coefficient (Wildman–Crippen LogP) is 2.80. The lowest BCUT2D eigenvalue weighted by Gasteiger charge is -2.03. The molecule has 1 aromatic heterocycles. The fraction of sp³-hybridized carbons (Fsp3) is 0.750. The number of halogens is 1. The van der Waals surface area contributed by atoms with Gasteiger partial charge in [-0.25, -0.2) is 0 Å². The van der Waals surface area contributed by atoms with Crippen molar-refractivity contribution in [1.82, 2.24) is 15.1 Å². The van der Waals surface area contributed by atoms with Gasteiger partial charge in [-0.15, -0.1) is 0 Å². The number of unbranched alkanes of at least 4 members (excludes halogenated alkanes) is 3. The van der Waals surface area contributed by atoms with E-state index in [0.29, 0.717) is 0 Å². The van der Waals surface area contributed by atoms with Gasteiger partial charge < -0.3 is 5.32 Å². The second-order valence-electron chi connectivity index (χ2n) is 4.56. The average molecular weight is 333 g/mol. The van der Waals surface area contributed by atoms with E-state index in [1.807, 2.05) is 10.9 Å². The highest BCUT2D eigenvalue weighted by molar-refractivity contribution is 14.1. The van der Waals surface area contributed by atoms with Crippen molar-refractivity contribution in [3.63, 3.8) is 0 Å². The molecule has 3 nitrogen and oxygen atoms in total. The maximum Gasteiger partial charge on any atom is 0.0623 e. The molecule has 0 aromatic carbocycles. The highest BCUT2D eigenvalue weighted by atomic mass is 127. The molecule has 2 rings (SSSR count). The highest BCUT2D eigenvalue weighted by Gasteiger charge is 2.19. The lowest BCUT2D eigenvalue weighted by Crippen LogP contribution is -2.17. The largest absolute Gasteiger partial charge is 0.314 e. The molecule has 1 heterocycles. The number of rotatable bonds is 8. The Balaban J connectivity index is 1.42. The van der Waals surface area contributed by atoms with Crippen LogP contribution in [0.4, 0.5) is 0 Å². The molecule has 1 saturated carbocycles. The zero-order chi connectivity index (χ0) is 11.2. The Labute approximate surface area is 111 Å². The number of nitrogens with zero attached hydrogens (tertiary/aromatic N) is 2. The van der Waals surface area contributed by atoms with Crippen molar-refractivity contribution in [3.8, 4) is 0 Å². The van der Waals surface area contributed by atoms with Gasteiger partial charge in [0.2, 0.25) is 0 Å². The van der Waals surface area contributed by atoms with Crippen molar-refractivity contribution in [3.05, 3.63) is 16.0 Å². The molecule has 4 heteroatoms. The maximum absolute atomic E-state index is 4.28. The van der Waals surface area contributed by atoms with Crippen LogP contribution in [0.2, 0.25) is 0 Å². The summed E-state index contributed by atoms with van der Waals surface area (Å²) in [5, 5.41) is 7.83. The Bertz CT molecular complexity index is 307. The molecule has 1 aliphatic rings. The molecule has 0 radical (unpaired) electrons. The first-order valence-corrected chi connectivity index (χ1v) is 7.34. The summed E-state index contributed by atoms with van der Waals surface area (Å²) >= 11 is 2.30. The van der Waals surface area contributed by atoms with Gasteiger partial charge in [0.15, 0.2) is 0 Å². The van der Waals surface area contributed by atoms with Gasteiger partial charge in [0.05, 0.1) is 9.77 Å². The summed E-state index contributed by atoms with van der Waals surface area (Å²) in [6.07, 6.45) is 12.1. The minimum absolute atomic E-state index is 0.867. The van der Waals surface area contributed by atoms with E-state index >= 15 is 0 Å². The van der Waals surface area contributed by atoms with Crippen LogP contribution in [0.1, 0.15) is 38.5 Å². The van der Waals surface area contributed by atoms with Gasteiger partial charge in [0, 0.05) is 18.8 Å². The number of aryl methyl sites for hydroxylation is 1. The molecular weight excluding hydrogens is 313 g/mol. The first-order valence-electron chi connectivity index (χ1n) is 6.26. The molecular formula is C12H20IN3. The normalized spacial score (nSPS) is 15.6. The molecule has 1 aromatic rings. The van der Waals surface area contributed by atoms with Gasteiger partial charge in [-0.2, -0.15) is 5.10 Å². The molecule has 0 spiro atoms. The summed E-state index contributed by atoms with van der Waals surface area (Å²) in [6.45, 7) is 2.28. The SMILES string of the molecule is Ic1cnn(CCCCCCNC2CC2)c1. The second kappa shape index (κ2) is 6.59. The topological polar surface area (TPSA) is 29.9 Å². The van der Waals surface area contributed by atoms with Crippen LogP contribution in [-0.4, -0.2) is 22.4 Å². The van der Waals surface area contributed by atoms with Gasteiger partial charge in [-0.1, -0.05) is 12.8 Å². The monoisotopic (exact) mass is 333 g/mol. The van der Waals surface area contributed by atoms with Crippen LogP contribution in [-0.2, 0) is 6.54 Å². The van der Waals surface area contributed by atoms with Gasteiger partial charge >= 0.3 is 0 Å². The third-order valence-corrected chi connectivity index (χ3v) is 3.48. The standard InChI is InChI=1S/C12H20IN3/c13-11-9-15-16(10-11)8-4-2-1-3-7-14-12-5-6-12/h9-10,12,14H,1-8H2. The molecule has 0 saturated heterocycles. The van der Waals surface area contributed by atoms with Crippen LogP contribution in [0.25, 0.3) is 0 Å². The van der Waals surface area contributed by atoms with Gasteiger partial charge in [0.1, 0.15) is 0 Å². The molecule has 1 fully saturated rings.